The van der Waals surface area contributed by atoms with Crippen LogP contribution in [0, 0.1) is 5.92 Å². The second-order valence-electron chi connectivity index (χ2n) is 5.65. The van der Waals surface area contributed by atoms with E-state index in [0.29, 0.717) is 13.2 Å². The summed E-state index contributed by atoms with van der Waals surface area (Å²) in [6.45, 7) is 0.229. The van der Waals surface area contributed by atoms with E-state index in [9.17, 15) is 13.6 Å². The topological polar surface area (TPSA) is 73.6 Å². The van der Waals surface area contributed by atoms with Gasteiger partial charge in [-0.1, -0.05) is 12.1 Å². The molecular formula is C16H22F2N2O3. The summed E-state index contributed by atoms with van der Waals surface area (Å²) in [6.07, 6.45) is 1.56. The molecule has 23 heavy (non-hydrogen) atoms. The van der Waals surface area contributed by atoms with Crippen LogP contribution in [0.3, 0.4) is 0 Å². The number of ether oxygens (including phenoxy) is 2. The van der Waals surface area contributed by atoms with E-state index in [1.807, 2.05) is 6.92 Å². The van der Waals surface area contributed by atoms with Gasteiger partial charge in [0.2, 0.25) is 5.91 Å². The van der Waals surface area contributed by atoms with Crippen LogP contribution in [0.1, 0.15) is 31.4 Å². The Hall–Kier alpha value is -1.73. The highest BCUT2D eigenvalue weighted by Crippen LogP contribution is 2.21. The van der Waals surface area contributed by atoms with Crippen molar-refractivity contribution in [3.8, 4) is 5.75 Å². The highest BCUT2D eigenvalue weighted by molar-refractivity contribution is 5.82. The summed E-state index contributed by atoms with van der Waals surface area (Å²) in [5, 5.41) is 2.86. The lowest BCUT2D eigenvalue weighted by Crippen LogP contribution is -2.47. The average molecular weight is 328 g/mol. The summed E-state index contributed by atoms with van der Waals surface area (Å²) in [4.78, 5) is 12.2. The molecule has 2 unspecified atom stereocenters. The predicted molar refractivity (Wildman–Crippen MR) is 81.2 cm³/mol. The van der Waals surface area contributed by atoms with Crippen LogP contribution in [0.2, 0.25) is 0 Å². The number of halogens is 2. The fourth-order valence-corrected chi connectivity index (χ4v) is 2.62. The molecule has 1 amide bonds. The van der Waals surface area contributed by atoms with E-state index in [-0.39, 0.29) is 23.6 Å². The Morgan fingerprint density at radius 1 is 1.30 bits per heavy atom. The van der Waals surface area contributed by atoms with Crippen molar-refractivity contribution in [2.45, 2.75) is 38.5 Å². The number of carbonyl (C=O) groups excluding carboxylic acids is 1. The van der Waals surface area contributed by atoms with Crippen molar-refractivity contribution in [1.82, 2.24) is 5.32 Å². The van der Waals surface area contributed by atoms with Crippen LogP contribution in [-0.4, -0.2) is 31.8 Å². The maximum Gasteiger partial charge on any atom is 0.387 e. The van der Waals surface area contributed by atoms with Crippen molar-refractivity contribution < 1.29 is 23.0 Å². The first-order chi connectivity index (χ1) is 11.0. The lowest BCUT2D eigenvalue weighted by Gasteiger charge is -2.28. The molecule has 2 atom stereocenters. The molecule has 1 saturated heterocycles. The summed E-state index contributed by atoms with van der Waals surface area (Å²) in [7, 11) is 0. The van der Waals surface area contributed by atoms with Gasteiger partial charge in [0.25, 0.3) is 0 Å². The van der Waals surface area contributed by atoms with Crippen LogP contribution in [0.5, 0.6) is 5.75 Å². The molecule has 2 rings (SSSR count). The van der Waals surface area contributed by atoms with Gasteiger partial charge in [-0.25, -0.2) is 0 Å². The molecule has 1 aromatic rings. The first-order valence-corrected chi connectivity index (χ1v) is 7.66. The highest BCUT2D eigenvalue weighted by atomic mass is 19.3. The standard InChI is InChI=1S/C16H22F2N2O3/c1-10(11-2-4-13(5-3-11)23-16(17)18)20-15(21)14(19)12-6-8-22-9-7-12/h2-5,10,12,14,16H,6-9,19H2,1H3,(H,20,21). The second-order valence-corrected chi connectivity index (χ2v) is 5.65. The molecular weight excluding hydrogens is 306 g/mol. The van der Waals surface area contributed by atoms with E-state index < -0.39 is 12.7 Å². The number of hydrogen-bond donors (Lipinski definition) is 2. The number of alkyl halides is 2. The number of nitrogens with one attached hydrogen (secondary N) is 1. The molecule has 1 fully saturated rings. The van der Waals surface area contributed by atoms with Crippen LogP contribution < -0.4 is 15.8 Å². The zero-order chi connectivity index (χ0) is 16.8. The first-order valence-electron chi connectivity index (χ1n) is 7.66. The van der Waals surface area contributed by atoms with Crippen LogP contribution in [0.4, 0.5) is 8.78 Å². The van der Waals surface area contributed by atoms with E-state index in [1.165, 1.54) is 12.1 Å². The highest BCUT2D eigenvalue weighted by Gasteiger charge is 2.27. The van der Waals surface area contributed by atoms with Gasteiger partial charge in [-0.05, 0) is 43.4 Å². The van der Waals surface area contributed by atoms with Gasteiger partial charge in [0, 0.05) is 13.2 Å². The fraction of sp³-hybridized carbons (Fsp3) is 0.562. The molecule has 0 bridgehead atoms. The Bertz CT molecular complexity index is 505. The summed E-state index contributed by atoms with van der Waals surface area (Å²) < 4.78 is 33.8. The fourth-order valence-electron chi connectivity index (χ4n) is 2.62. The SMILES string of the molecule is CC(NC(=O)C(N)C1CCOCC1)c1ccc(OC(F)F)cc1. The summed E-state index contributed by atoms with van der Waals surface area (Å²) in [5.74, 6) is -0.00346. The zero-order valence-corrected chi connectivity index (χ0v) is 13.0. The monoisotopic (exact) mass is 328 g/mol. The van der Waals surface area contributed by atoms with Crippen molar-refractivity contribution in [3.63, 3.8) is 0 Å². The molecule has 0 aromatic heterocycles. The Kier molecular flexibility index (Phi) is 6.29. The summed E-state index contributed by atoms with van der Waals surface area (Å²) in [5.41, 5.74) is 6.82. The largest absolute Gasteiger partial charge is 0.435 e. The smallest absolute Gasteiger partial charge is 0.387 e. The predicted octanol–water partition coefficient (Wildman–Crippen LogP) is 2.22. The van der Waals surface area contributed by atoms with Gasteiger partial charge in [-0.2, -0.15) is 8.78 Å². The Morgan fingerprint density at radius 2 is 1.91 bits per heavy atom. The van der Waals surface area contributed by atoms with Gasteiger partial charge >= 0.3 is 6.61 Å². The third kappa shape index (κ3) is 5.14. The number of hydrogen-bond acceptors (Lipinski definition) is 4. The van der Waals surface area contributed by atoms with Crippen LogP contribution in [0.15, 0.2) is 24.3 Å². The second kappa shape index (κ2) is 8.21. The van der Waals surface area contributed by atoms with Crippen LogP contribution in [-0.2, 0) is 9.53 Å². The summed E-state index contributed by atoms with van der Waals surface area (Å²) >= 11 is 0. The van der Waals surface area contributed by atoms with Gasteiger partial charge in [0.05, 0.1) is 12.1 Å². The molecule has 3 N–H and O–H groups in total. The number of amides is 1. The van der Waals surface area contributed by atoms with Crippen molar-refractivity contribution >= 4 is 5.91 Å². The molecule has 128 valence electrons. The van der Waals surface area contributed by atoms with E-state index in [1.54, 1.807) is 12.1 Å². The molecule has 0 aliphatic carbocycles. The lowest BCUT2D eigenvalue weighted by molar-refractivity contribution is -0.125. The minimum Gasteiger partial charge on any atom is -0.435 e. The van der Waals surface area contributed by atoms with Crippen LogP contribution in [0.25, 0.3) is 0 Å². The molecule has 0 saturated carbocycles. The summed E-state index contributed by atoms with van der Waals surface area (Å²) in [6, 6.07) is 5.34. The minimum absolute atomic E-state index is 0.0844. The van der Waals surface area contributed by atoms with Gasteiger partial charge in [0.15, 0.2) is 0 Å². The zero-order valence-electron chi connectivity index (χ0n) is 13.0. The molecule has 0 spiro atoms. The molecule has 7 heteroatoms. The van der Waals surface area contributed by atoms with E-state index in [0.717, 1.165) is 18.4 Å². The molecule has 5 nitrogen and oxygen atoms in total. The van der Waals surface area contributed by atoms with Gasteiger partial charge < -0.3 is 20.5 Å². The van der Waals surface area contributed by atoms with Crippen molar-refractivity contribution in [2.75, 3.05) is 13.2 Å². The van der Waals surface area contributed by atoms with Crippen molar-refractivity contribution in [3.05, 3.63) is 29.8 Å². The Morgan fingerprint density at radius 3 is 2.48 bits per heavy atom. The average Bonchev–Trinajstić information content (AvgIpc) is 2.55. The molecule has 1 heterocycles. The Balaban J connectivity index is 1.89. The first kappa shape index (κ1) is 17.6. The van der Waals surface area contributed by atoms with Gasteiger partial charge in [0.1, 0.15) is 5.75 Å². The number of nitrogens with two attached hydrogens (primary N) is 1. The van der Waals surface area contributed by atoms with Crippen LogP contribution >= 0.6 is 0 Å². The lowest BCUT2D eigenvalue weighted by atomic mass is 9.91. The normalized spacial score (nSPS) is 18.5. The van der Waals surface area contributed by atoms with E-state index in [2.05, 4.69) is 10.1 Å². The molecule has 1 aliphatic rings. The van der Waals surface area contributed by atoms with Gasteiger partial charge in [-0.3, -0.25) is 4.79 Å². The van der Waals surface area contributed by atoms with E-state index >= 15 is 0 Å². The van der Waals surface area contributed by atoms with E-state index in [4.69, 9.17) is 10.5 Å². The molecule has 0 radical (unpaired) electrons. The van der Waals surface area contributed by atoms with Crippen molar-refractivity contribution in [1.29, 1.82) is 0 Å². The minimum atomic E-state index is -2.85. The quantitative estimate of drug-likeness (QED) is 0.840. The van der Waals surface area contributed by atoms with Gasteiger partial charge in [-0.15, -0.1) is 0 Å². The maximum absolute atomic E-state index is 12.2. The maximum atomic E-state index is 12.2. The third-order valence-corrected chi connectivity index (χ3v) is 4.04. The Labute approximate surface area is 134 Å². The number of carbonyl (C=O) groups is 1. The number of benzene rings is 1. The third-order valence-electron chi connectivity index (χ3n) is 4.04. The van der Waals surface area contributed by atoms with Crippen molar-refractivity contribution in [2.24, 2.45) is 11.7 Å². The number of rotatable bonds is 6. The molecule has 1 aliphatic heterocycles. The molecule has 1 aromatic carbocycles.